The van der Waals surface area contributed by atoms with Crippen molar-refractivity contribution in [2.45, 2.75) is 19.6 Å². The standard InChI is InChI=1S/C17H16FN3O5/c1-10(16(22)20-9-11-2-4-12(18)5-3-11)26-17(23)14-8-13(21(24)25)6-7-15(14)19/h2-8,10H,9,19H2,1H3,(H,20,22)/t10-/m0/s1. The van der Waals surface area contributed by atoms with Crippen molar-refractivity contribution in [3.05, 3.63) is 69.5 Å². The molecule has 0 fully saturated rings. The van der Waals surface area contributed by atoms with Crippen LogP contribution in [-0.4, -0.2) is 22.9 Å². The molecule has 0 spiro atoms. The van der Waals surface area contributed by atoms with Gasteiger partial charge in [-0.2, -0.15) is 0 Å². The Bertz CT molecular complexity index is 839. The van der Waals surface area contributed by atoms with E-state index in [9.17, 15) is 24.1 Å². The van der Waals surface area contributed by atoms with Gasteiger partial charge in [-0.25, -0.2) is 9.18 Å². The lowest BCUT2D eigenvalue weighted by atomic mass is 10.1. The molecular weight excluding hydrogens is 345 g/mol. The molecule has 1 amide bonds. The summed E-state index contributed by atoms with van der Waals surface area (Å²) in [5.41, 5.74) is 5.79. The van der Waals surface area contributed by atoms with Gasteiger partial charge in [-0.15, -0.1) is 0 Å². The van der Waals surface area contributed by atoms with Crippen LogP contribution in [0.2, 0.25) is 0 Å². The highest BCUT2D eigenvalue weighted by molar-refractivity contribution is 5.97. The van der Waals surface area contributed by atoms with E-state index >= 15 is 0 Å². The second-order valence-corrected chi connectivity index (χ2v) is 5.42. The van der Waals surface area contributed by atoms with Crippen molar-refractivity contribution < 1.29 is 23.6 Å². The molecule has 0 aliphatic heterocycles. The predicted molar refractivity (Wildman–Crippen MR) is 90.6 cm³/mol. The molecule has 26 heavy (non-hydrogen) atoms. The number of benzene rings is 2. The van der Waals surface area contributed by atoms with Crippen LogP contribution in [0.5, 0.6) is 0 Å². The molecule has 0 saturated heterocycles. The largest absolute Gasteiger partial charge is 0.449 e. The third-order valence-electron chi connectivity index (χ3n) is 3.50. The van der Waals surface area contributed by atoms with Gasteiger partial charge in [0.25, 0.3) is 11.6 Å². The van der Waals surface area contributed by atoms with E-state index in [0.717, 1.165) is 12.1 Å². The fourth-order valence-electron chi connectivity index (χ4n) is 2.05. The van der Waals surface area contributed by atoms with Crippen molar-refractivity contribution >= 4 is 23.3 Å². The molecule has 1 atom stereocenters. The molecule has 0 bridgehead atoms. The first-order chi connectivity index (χ1) is 12.3. The molecule has 0 unspecified atom stereocenters. The topological polar surface area (TPSA) is 125 Å². The Balaban J connectivity index is 1.97. The Morgan fingerprint density at radius 2 is 1.92 bits per heavy atom. The zero-order valence-corrected chi connectivity index (χ0v) is 13.8. The van der Waals surface area contributed by atoms with Gasteiger partial charge in [0.2, 0.25) is 0 Å². The van der Waals surface area contributed by atoms with Crippen LogP contribution in [0.25, 0.3) is 0 Å². The summed E-state index contributed by atoms with van der Waals surface area (Å²) in [6.07, 6.45) is -1.15. The van der Waals surface area contributed by atoms with Gasteiger partial charge in [-0.1, -0.05) is 12.1 Å². The summed E-state index contributed by atoms with van der Waals surface area (Å²) in [6, 6.07) is 8.90. The van der Waals surface area contributed by atoms with Crippen LogP contribution in [0.3, 0.4) is 0 Å². The van der Waals surface area contributed by atoms with Crippen molar-refractivity contribution in [1.29, 1.82) is 0 Å². The first kappa shape index (κ1) is 18.8. The maximum Gasteiger partial charge on any atom is 0.341 e. The lowest BCUT2D eigenvalue weighted by molar-refractivity contribution is -0.384. The molecule has 0 aliphatic rings. The third-order valence-corrected chi connectivity index (χ3v) is 3.50. The number of nitrogens with zero attached hydrogens (tertiary/aromatic N) is 1. The van der Waals surface area contributed by atoms with Crippen molar-refractivity contribution in [1.82, 2.24) is 5.32 Å². The fraction of sp³-hybridized carbons (Fsp3) is 0.176. The van der Waals surface area contributed by atoms with Gasteiger partial charge in [-0.3, -0.25) is 14.9 Å². The molecule has 8 nitrogen and oxygen atoms in total. The highest BCUT2D eigenvalue weighted by Crippen LogP contribution is 2.21. The molecule has 0 saturated carbocycles. The number of rotatable bonds is 6. The van der Waals surface area contributed by atoms with Gasteiger partial charge < -0.3 is 15.8 Å². The van der Waals surface area contributed by atoms with Gasteiger partial charge in [-0.05, 0) is 30.7 Å². The number of hydrogen-bond donors (Lipinski definition) is 2. The summed E-state index contributed by atoms with van der Waals surface area (Å²) in [6.45, 7) is 1.48. The number of non-ortho nitro benzene ring substituents is 1. The molecule has 0 radical (unpaired) electrons. The maximum atomic E-state index is 12.8. The molecule has 0 aromatic heterocycles. The van der Waals surface area contributed by atoms with Crippen LogP contribution in [-0.2, 0) is 16.1 Å². The zero-order valence-electron chi connectivity index (χ0n) is 13.8. The second-order valence-electron chi connectivity index (χ2n) is 5.42. The van der Waals surface area contributed by atoms with E-state index in [1.807, 2.05) is 0 Å². The minimum atomic E-state index is -1.15. The summed E-state index contributed by atoms with van der Waals surface area (Å²) < 4.78 is 17.8. The Morgan fingerprint density at radius 1 is 1.27 bits per heavy atom. The first-order valence-corrected chi connectivity index (χ1v) is 7.55. The smallest absolute Gasteiger partial charge is 0.341 e. The molecule has 0 heterocycles. The van der Waals surface area contributed by atoms with Crippen molar-refractivity contribution in [3.63, 3.8) is 0 Å². The Hall–Kier alpha value is -3.49. The molecule has 136 valence electrons. The Morgan fingerprint density at radius 3 is 2.54 bits per heavy atom. The van der Waals surface area contributed by atoms with E-state index in [1.54, 1.807) is 0 Å². The molecule has 3 N–H and O–H groups in total. The maximum absolute atomic E-state index is 12.8. The van der Waals surface area contributed by atoms with Crippen molar-refractivity contribution in [2.75, 3.05) is 5.73 Å². The highest BCUT2D eigenvalue weighted by atomic mass is 19.1. The van der Waals surface area contributed by atoms with Crippen LogP contribution >= 0.6 is 0 Å². The minimum Gasteiger partial charge on any atom is -0.449 e. The first-order valence-electron chi connectivity index (χ1n) is 7.55. The van der Waals surface area contributed by atoms with Gasteiger partial charge >= 0.3 is 5.97 Å². The van der Waals surface area contributed by atoms with E-state index in [-0.39, 0.29) is 23.5 Å². The van der Waals surface area contributed by atoms with E-state index in [1.165, 1.54) is 37.3 Å². The fourth-order valence-corrected chi connectivity index (χ4v) is 2.05. The van der Waals surface area contributed by atoms with Crippen LogP contribution < -0.4 is 11.1 Å². The van der Waals surface area contributed by atoms with Crippen molar-refractivity contribution in [2.24, 2.45) is 0 Å². The number of halogens is 1. The number of hydrogen-bond acceptors (Lipinski definition) is 6. The summed E-state index contributed by atoms with van der Waals surface area (Å²) in [5.74, 6) is -1.92. The molecule has 2 aromatic rings. The summed E-state index contributed by atoms with van der Waals surface area (Å²) >= 11 is 0. The molecule has 2 aromatic carbocycles. The number of nitrogens with one attached hydrogen (secondary N) is 1. The number of carbonyl (C=O) groups is 2. The molecular formula is C17H16FN3O5. The number of nitro benzene ring substituents is 1. The zero-order chi connectivity index (χ0) is 19.3. The normalized spacial score (nSPS) is 11.5. The van der Waals surface area contributed by atoms with Crippen molar-refractivity contribution in [3.8, 4) is 0 Å². The lowest BCUT2D eigenvalue weighted by Gasteiger charge is -2.14. The minimum absolute atomic E-state index is 0.000444. The van der Waals surface area contributed by atoms with Crippen LogP contribution in [0, 0.1) is 15.9 Å². The van der Waals surface area contributed by atoms with E-state index in [4.69, 9.17) is 10.5 Å². The molecule has 0 aliphatic carbocycles. The molecule has 9 heteroatoms. The number of nitrogens with two attached hydrogens (primary N) is 1. The van der Waals surface area contributed by atoms with Crippen LogP contribution in [0.1, 0.15) is 22.8 Å². The number of amides is 1. The Kier molecular flexibility index (Phi) is 5.84. The van der Waals surface area contributed by atoms with E-state index in [0.29, 0.717) is 5.56 Å². The monoisotopic (exact) mass is 361 g/mol. The van der Waals surface area contributed by atoms with E-state index < -0.39 is 28.7 Å². The molecule has 2 rings (SSSR count). The average molecular weight is 361 g/mol. The number of esters is 1. The SMILES string of the molecule is C[C@H](OC(=O)c1cc([N+](=O)[O-])ccc1N)C(=O)NCc1ccc(F)cc1. The quantitative estimate of drug-likeness (QED) is 0.352. The average Bonchev–Trinajstić information content (AvgIpc) is 2.60. The number of nitrogen functional groups attached to an aromatic ring is 1. The number of carbonyl (C=O) groups excluding carboxylic acids is 2. The highest BCUT2D eigenvalue weighted by Gasteiger charge is 2.22. The van der Waals surface area contributed by atoms with Gasteiger partial charge in [0, 0.05) is 24.4 Å². The number of nitro groups is 1. The summed E-state index contributed by atoms with van der Waals surface area (Å²) in [7, 11) is 0. The third kappa shape index (κ3) is 4.76. The predicted octanol–water partition coefficient (Wildman–Crippen LogP) is 2.18. The number of ether oxygens (including phenoxy) is 1. The van der Waals surface area contributed by atoms with Crippen LogP contribution in [0.4, 0.5) is 15.8 Å². The lowest BCUT2D eigenvalue weighted by Crippen LogP contribution is -2.35. The summed E-state index contributed by atoms with van der Waals surface area (Å²) in [4.78, 5) is 34.2. The second kappa shape index (κ2) is 8.06. The number of anilines is 1. The summed E-state index contributed by atoms with van der Waals surface area (Å²) in [5, 5.41) is 13.3. The van der Waals surface area contributed by atoms with Gasteiger partial charge in [0.05, 0.1) is 10.5 Å². The van der Waals surface area contributed by atoms with Gasteiger partial charge in [0.1, 0.15) is 5.82 Å². The van der Waals surface area contributed by atoms with Gasteiger partial charge in [0.15, 0.2) is 6.10 Å². The Labute approximate surface area is 147 Å². The van der Waals surface area contributed by atoms with E-state index in [2.05, 4.69) is 5.32 Å². The van der Waals surface area contributed by atoms with Crippen LogP contribution in [0.15, 0.2) is 42.5 Å².